The van der Waals surface area contributed by atoms with Crippen LogP contribution in [0.2, 0.25) is 0 Å². The molecule has 0 heterocycles. The van der Waals surface area contributed by atoms with Crippen LogP contribution in [0.3, 0.4) is 0 Å². The molecule has 0 aliphatic rings. The molecule has 0 saturated carbocycles. The third kappa shape index (κ3) is 8.22. The molecule has 0 atom stereocenters. The number of benzene rings is 3. The van der Waals surface area contributed by atoms with Crippen LogP contribution in [-0.2, 0) is 9.59 Å². The van der Waals surface area contributed by atoms with E-state index in [1.807, 2.05) is 56.3 Å². The normalized spacial score (nSPS) is 10.4. The van der Waals surface area contributed by atoms with Crippen LogP contribution in [0.15, 0.2) is 78.9 Å². The summed E-state index contributed by atoms with van der Waals surface area (Å²) in [6, 6.07) is 24.0. The Bertz CT molecular complexity index is 1020. The van der Waals surface area contributed by atoms with E-state index in [0.717, 1.165) is 17.1 Å². The highest BCUT2D eigenvalue weighted by Crippen LogP contribution is 2.17. The van der Waals surface area contributed by atoms with E-state index in [1.165, 1.54) is 0 Å². The van der Waals surface area contributed by atoms with E-state index in [2.05, 4.69) is 16.0 Å². The molecule has 0 aromatic heterocycles. The third-order valence-corrected chi connectivity index (χ3v) is 4.63. The van der Waals surface area contributed by atoms with Crippen LogP contribution in [0, 0.1) is 5.92 Å². The third-order valence-electron chi connectivity index (χ3n) is 4.63. The van der Waals surface area contributed by atoms with Gasteiger partial charge in [0, 0.05) is 23.0 Å². The lowest BCUT2D eigenvalue weighted by atomic mass is 10.2. The number of hydrogen-bond donors (Lipinski definition) is 3. The van der Waals surface area contributed by atoms with Crippen molar-refractivity contribution in [1.82, 2.24) is 0 Å². The number of para-hydroxylation sites is 1. The Hall–Kier alpha value is -4.00. The van der Waals surface area contributed by atoms with E-state index < -0.39 is 0 Å². The van der Waals surface area contributed by atoms with Crippen molar-refractivity contribution in [2.24, 2.45) is 5.92 Å². The summed E-state index contributed by atoms with van der Waals surface area (Å²) in [5.74, 6) is 1.22. The Morgan fingerprint density at radius 1 is 0.697 bits per heavy atom. The van der Waals surface area contributed by atoms with Crippen LogP contribution in [-0.4, -0.2) is 31.6 Å². The van der Waals surface area contributed by atoms with Gasteiger partial charge in [0.25, 0.3) is 0 Å². The first-order chi connectivity index (χ1) is 16.0. The maximum Gasteiger partial charge on any atom is 0.243 e. The van der Waals surface area contributed by atoms with Gasteiger partial charge in [-0.2, -0.15) is 0 Å². The SMILES string of the molecule is CC(C)C(=O)Nc1ccc(NCC(=O)Nc2ccc(OCCOc3ccccc3)cc2)cc1. The van der Waals surface area contributed by atoms with E-state index in [1.54, 1.807) is 36.4 Å². The van der Waals surface area contributed by atoms with Gasteiger partial charge in [-0.05, 0) is 60.7 Å². The fourth-order valence-corrected chi connectivity index (χ4v) is 2.82. The number of carbonyl (C=O) groups excluding carboxylic acids is 2. The van der Waals surface area contributed by atoms with Crippen molar-refractivity contribution >= 4 is 28.9 Å². The first kappa shape index (κ1) is 23.7. The fourth-order valence-electron chi connectivity index (χ4n) is 2.82. The summed E-state index contributed by atoms with van der Waals surface area (Å²) in [7, 11) is 0. The van der Waals surface area contributed by atoms with Crippen LogP contribution >= 0.6 is 0 Å². The molecule has 0 aliphatic carbocycles. The minimum absolute atomic E-state index is 0.0352. The summed E-state index contributed by atoms with van der Waals surface area (Å²) in [6.07, 6.45) is 0. The van der Waals surface area contributed by atoms with Crippen LogP contribution in [0.4, 0.5) is 17.1 Å². The molecule has 0 bridgehead atoms. The maximum absolute atomic E-state index is 12.2. The van der Waals surface area contributed by atoms with E-state index in [0.29, 0.717) is 24.7 Å². The van der Waals surface area contributed by atoms with Crippen molar-refractivity contribution in [1.29, 1.82) is 0 Å². The molecule has 3 rings (SSSR count). The molecule has 0 unspecified atom stereocenters. The topological polar surface area (TPSA) is 88.7 Å². The first-order valence-corrected chi connectivity index (χ1v) is 10.8. The number of hydrogen-bond acceptors (Lipinski definition) is 5. The zero-order chi connectivity index (χ0) is 23.5. The van der Waals surface area contributed by atoms with Crippen LogP contribution in [0.1, 0.15) is 13.8 Å². The molecule has 0 saturated heterocycles. The highest BCUT2D eigenvalue weighted by Gasteiger charge is 2.07. The molecular formula is C26H29N3O4. The summed E-state index contributed by atoms with van der Waals surface area (Å²) >= 11 is 0. The highest BCUT2D eigenvalue weighted by atomic mass is 16.5. The second-order valence-corrected chi connectivity index (χ2v) is 7.66. The van der Waals surface area contributed by atoms with Crippen molar-refractivity contribution in [3.8, 4) is 11.5 Å². The highest BCUT2D eigenvalue weighted by molar-refractivity contribution is 5.94. The first-order valence-electron chi connectivity index (χ1n) is 10.8. The lowest BCUT2D eigenvalue weighted by Crippen LogP contribution is -2.21. The van der Waals surface area contributed by atoms with Gasteiger partial charge in [-0.25, -0.2) is 0 Å². The van der Waals surface area contributed by atoms with Gasteiger partial charge in [0.05, 0.1) is 6.54 Å². The quantitative estimate of drug-likeness (QED) is 0.368. The second-order valence-electron chi connectivity index (χ2n) is 7.66. The fraction of sp³-hybridized carbons (Fsp3) is 0.231. The minimum atomic E-state index is -0.169. The van der Waals surface area contributed by atoms with Gasteiger partial charge in [-0.3, -0.25) is 9.59 Å². The second kappa shape index (κ2) is 12.1. The monoisotopic (exact) mass is 447 g/mol. The van der Waals surface area contributed by atoms with Crippen molar-refractivity contribution in [3.05, 3.63) is 78.9 Å². The predicted molar refractivity (Wildman–Crippen MR) is 131 cm³/mol. The average Bonchev–Trinajstić information content (AvgIpc) is 2.83. The Kier molecular flexibility index (Phi) is 8.71. The van der Waals surface area contributed by atoms with Gasteiger partial charge in [-0.1, -0.05) is 32.0 Å². The summed E-state index contributed by atoms with van der Waals surface area (Å²) in [5, 5.41) is 8.73. The van der Waals surface area contributed by atoms with E-state index in [-0.39, 0.29) is 24.3 Å². The number of rotatable bonds is 11. The van der Waals surface area contributed by atoms with Crippen molar-refractivity contribution in [3.63, 3.8) is 0 Å². The van der Waals surface area contributed by atoms with Gasteiger partial charge in [0.1, 0.15) is 24.7 Å². The minimum Gasteiger partial charge on any atom is -0.490 e. The Morgan fingerprint density at radius 3 is 1.82 bits per heavy atom. The average molecular weight is 448 g/mol. The van der Waals surface area contributed by atoms with E-state index >= 15 is 0 Å². The predicted octanol–water partition coefficient (Wildman–Crippen LogP) is 4.79. The molecule has 3 aromatic carbocycles. The summed E-state index contributed by atoms with van der Waals surface area (Å²) < 4.78 is 11.3. The molecule has 3 N–H and O–H groups in total. The molecule has 33 heavy (non-hydrogen) atoms. The van der Waals surface area contributed by atoms with Crippen molar-refractivity contribution in [2.75, 3.05) is 35.7 Å². The summed E-state index contributed by atoms with van der Waals surface area (Å²) in [4.78, 5) is 24.0. The molecule has 3 aromatic rings. The molecule has 7 heteroatoms. The lowest BCUT2D eigenvalue weighted by Gasteiger charge is -2.11. The Balaban J connectivity index is 1.36. The number of carbonyl (C=O) groups is 2. The van der Waals surface area contributed by atoms with Gasteiger partial charge < -0.3 is 25.4 Å². The molecule has 0 spiro atoms. The zero-order valence-electron chi connectivity index (χ0n) is 18.8. The molecule has 0 radical (unpaired) electrons. The Labute approximate surface area is 194 Å². The Morgan fingerprint density at radius 2 is 1.21 bits per heavy atom. The van der Waals surface area contributed by atoms with Gasteiger partial charge in [0.15, 0.2) is 0 Å². The van der Waals surface area contributed by atoms with Gasteiger partial charge in [-0.15, -0.1) is 0 Å². The molecular weight excluding hydrogens is 418 g/mol. The molecule has 2 amide bonds. The van der Waals surface area contributed by atoms with E-state index in [9.17, 15) is 9.59 Å². The summed E-state index contributed by atoms with van der Waals surface area (Å²) in [6.45, 7) is 4.66. The van der Waals surface area contributed by atoms with E-state index in [4.69, 9.17) is 9.47 Å². The van der Waals surface area contributed by atoms with Gasteiger partial charge in [0.2, 0.25) is 11.8 Å². The largest absolute Gasteiger partial charge is 0.490 e. The smallest absolute Gasteiger partial charge is 0.243 e. The van der Waals surface area contributed by atoms with Crippen molar-refractivity contribution in [2.45, 2.75) is 13.8 Å². The lowest BCUT2D eigenvalue weighted by molar-refractivity contribution is -0.119. The van der Waals surface area contributed by atoms with Crippen molar-refractivity contribution < 1.29 is 19.1 Å². The molecule has 7 nitrogen and oxygen atoms in total. The molecule has 0 aliphatic heterocycles. The van der Waals surface area contributed by atoms with Crippen LogP contribution in [0.5, 0.6) is 11.5 Å². The molecule has 172 valence electrons. The van der Waals surface area contributed by atoms with Crippen LogP contribution in [0.25, 0.3) is 0 Å². The van der Waals surface area contributed by atoms with Gasteiger partial charge >= 0.3 is 0 Å². The maximum atomic E-state index is 12.2. The number of amides is 2. The molecule has 0 fully saturated rings. The number of nitrogens with one attached hydrogen (secondary N) is 3. The standard InChI is InChI=1S/C26H29N3O4/c1-19(2)26(31)29-22-10-8-20(9-11-22)27-18-25(30)28-21-12-14-24(15-13-21)33-17-16-32-23-6-4-3-5-7-23/h3-15,19,27H,16-18H2,1-2H3,(H,28,30)(H,29,31). The number of anilines is 3. The summed E-state index contributed by atoms with van der Waals surface area (Å²) in [5.41, 5.74) is 2.19. The van der Waals surface area contributed by atoms with Crippen LogP contribution < -0.4 is 25.4 Å². The zero-order valence-corrected chi connectivity index (χ0v) is 18.8. The number of ether oxygens (including phenoxy) is 2.